The highest BCUT2D eigenvalue weighted by molar-refractivity contribution is 6.31. The molecule has 16 heavy (non-hydrogen) atoms. The Morgan fingerprint density at radius 3 is 2.69 bits per heavy atom. The van der Waals surface area contributed by atoms with Crippen LogP contribution in [0.2, 0.25) is 10.4 Å². The number of likely N-dealkylation sites (tertiary alicyclic amines) is 1. The molecule has 1 fully saturated rings. The number of hydrogen-bond donors (Lipinski definition) is 0. The summed E-state index contributed by atoms with van der Waals surface area (Å²) in [5, 5.41) is 7.30. The van der Waals surface area contributed by atoms with Gasteiger partial charge in [0, 0.05) is 6.54 Å². The van der Waals surface area contributed by atoms with Gasteiger partial charge < -0.3 is 4.74 Å². The van der Waals surface area contributed by atoms with Crippen LogP contribution in [0.4, 0.5) is 0 Å². The second-order valence-corrected chi connectivity index (χ2v) is 4.27. The van der Waals surface area contributed by atoms with Gasteiger partial charge in [-0.05, 0) is 37.5 Å². The summed E-state index contributed by atoms with van der Waals surface area (Å²) in [6.07, 6.45) is 2.53. The number of rotatable bonds is 4. The maximum Gasteiger partial charge on any atom is 0.256 e. The zero-order chi connectivity index (χ0) is 11.4. The zero-order valence-electron chi connectivity index (χ0n) is 8.70. The van der Waals surface area contributed by atoms with E-state index in [-0.39, 0.29) is 16.3 Å². The fourth-order valence-electron chi connectivity index (χ4n) is 1.65. The molecular weight excluding hydrogens is 251 g/mol. The molecule has 1 aromatic heterocycles. The molecule has 0 radical (unpaired) electrons. The van der Waals surface area contributed by atoms with Crippen molar-refractivity contribution in [2.75, 3.05) is 26.2 Å². The summed E-state index contributed by atoms with van der Waals surface area (Å²) in [6, 6.07) is 0. The lowest BCUT2D eigenvalue weighted by molar-refractivity contribution is 0.231. The second-order valence-electron chi connectivity index (χ2n) is 3.57. The number of hydrogen-bond acceptors (Lipinski definition) is 5. The Morgan fingerprint density at radius 2 is 1.94 bits per heavy atom. The maximum absolute atomic E-state index is 5.76. The van der Waals surface area contributed by atoms with Crippen molar-refractivity contribution in [2.24, 2.45) is 0 Å². The van der Waals surface area contributed by atoms with E-state index in [1.807, 2.05) is 0 Å². The van der Waals surface area contributed by atoms with Crippen LogP contribution in [-0.2, 0) is 0 Å². The molecule has 0 N–H and O–H groups in total. The Labute approximate surface area is 104 Å². The van der Waals surface area contributed by atoms with E-state index in [1.165, 1.54) is 12.8 Å². The van der Waals surface area contributed by atoms with Crippen molar-refractivity contribution >= 4 is 23.2 Å². The van der Waals surface area contributed by atoms with Crippen LogP contribution < -0.4 is 4.74 Å². The lowest BCUT2D eigenvalue weighted by atomic mass is 10.4. The van der Waals surface area contributed by atoms with Crippen molar-refractivity contribution in [1.29, 1.82) is 0 Å². The van der Waals surface area contributed by atoms with E-state index >= 15 is 0 Å². The molecule has 0 amide bonds. The predicted molar refractivity (Wildman–Crippen MR) is 61.0 cm³/mol. The van der Waals surface area contributed by atoms with Gasteiger partial charge in [-0.15, -0.1) is 10.2 Å². The minimum absolute atomic E-state index is 0.0422. The highest BCUT2D eigenvalue weighted by Gasteiger charge is 2.12. The molecule has 1 aliphatic heterocycles. The number of ether oxygens (including phenoxy) is 1. The third-order valence-corrected chi connectivity index (χ3v) is 2.83. The lowest BCUT2D eigenvalue weighted by Gasteiger charge is -2.14. The van der Waals surface area contributed by atoms with Crippen LogP contribution in [0.15, 0.2) is 0 Å². The molecule has 7 heteroatoms. The molecule has 0 unspecified atom stereocenters. The topological polar surface area (TPSA) is 51.1 Å². The van der Waals surface area contributed by atoms with Crippen LogP contribution in [0.3, 0.4) is 0 Å². The van der Waals surface area contributed by atoms with Crippen LogP contribution in [0.25, 0.3) is 0 Å². The van der Waals surface area contributed by atoms with Crippen LogP contribution >= 0.6 is 23.2 Å². The monoisotopic (exact) mass is 262 g/mol. The minimum Gasteiger partial charge on any atom is -0.474 e. The molecule has 88 valence electrons. The largest absolute Gasteiger partial charge is 0.474 e. The fourth-order valence-corrected chi connectivity index (χ4v) is 1.90. The highest BCUT2D eigenvalue weighted by atomic mass is 35.5. The average molecular weight is 263 g/mol. The Kier molecular flexibility index (Phi) is 4.15. The Morgan fingerprint density at radius 1 is 1.19 bits per heavy atom. The average Bonchev–Trinajstić information content (AvgIpc) is 2.76. The molecular formula is C9H12Cl2N4O. The van der Waals surface area contributed by atoms with Gasteiger partial charge in [-0.25, -0.2) is 0 Å². The van der Waals surface area contributed by atoms with Crippen LogP contribution in [0, 0.1) is 0 Å². The van der Waals surface area contributed by atoms with Crippen molar-refractivity contribution in [3.8, 4) is 5.88 Å². The molecule has 2 rings (SSSR count). The summed E-state index contributed by atoms with van der Waals surface area (Å²) >= 11 is 11.3. The van der Waals surface area contributed by atoms with Crippen molar-refractivity contribution in [3.63, 3.8) is 0 Å². The van der Waals surface area contributed by atoms with E-state index in [0.717, 1.165) is 19.6 Å². The molecule has 1 aromatic rings. The molecule has 0 aromatic carbocycles. The first-order valence-corrected chi connectivity index (χ1v) is 5.92. The smallest absolute Gasteiger partial charge is 0.256 e. The highest BCUT2D eigenvalue weighted by Crippen LogP contribution is 2.19. The fraction of sp³-hybridized carbons (Fsp3) is 0.667. The molecule has 0 bridgehead atoms. The summed E-state index contributed by atoms with van der Waals surface area (Å²) in [5.41, 5.74) is 0. The molecule has 0 spiro atoms. The van der Waals surface area contributed by atoms with Gasteiger partial charge in [0.15, 0.2) is 0 Å². The lowest BCUT2D eigenvalue weighted by Crippen LogP contribution is -2.25. The zero-order valence-corrected chi connectivity index (χ0v) is 10.2. The third kappa shape index (κ3) is 3.17. The van der Waals surface area contributed by atoms with E-state index in [4.69, 9.17) is 27.9 Å². The van der Waals surface area contributed by atoms with E-state index in [1.54, 1.807) is 0 Å². The standard InChI is InChI=1S/C9H12Cl2N4O/c10-7-8(12-9(11)14-13-7)16-6-5-15-3-1-2-4-15/h1-6H2. The first-order valence-electron chi connectivity index (χ1n) is 5.16. The number of nitrogens with zero attached hydrogens (tertiary/aromatic N) is 4. The van der Waals surface area contributed by atoms with Gasteiger partial charge in [0.05, 0.1) is 0 Å². The maximum atomic E-state index is 5.76. The van der Waals surface area contributed by atoms with Crippen molar-refractivity contribution in [3.05, 3.63) is 10.4 Å². The molecule has 2 heterocycles. The molecule has 0 atom stereocenters. The number of halogens is 2. The second kappa shape index (κ2) is 5.61. The quantitative estimate of drug-likeness (QED) is 0.826. The Bertz CT molecular complexity index is 357. The first-order chi connectivity index (χ1) is 7.75. The predicted octanol–water partition coefficient (Wildman–Crippen LogP) is 1.65. The van der Waals surface area contributed by atoms with Crippen molar-refractivity contribution in [1.82, 2.24) is 20.1 Å². The number of aromatic nitrogens is 3. The van der Waals surface area contributed by atoms with Crippen LogP contribution in [0.1, 0.15) is 12.8 Å². The first kappa shape index (κ1) is 11.8. The molecule has 1 saturated heterocycles. The summed E-state index contributed by atoms with van der Waals surface area (Å²) < 4.78 is 5.41. The molecule has 0 aliphatic carbocycles. The molecule has 1 aliphatic rings. The van der Waals surface area contributed by atoms with E-state index in [2.05, 4.69) is 20.1 Å². The molecule has 5 nitrogen and oxygen atoms in total. The van der Waals surface area contributed by atoms with E-state index in [9.17, 15) is 0 Å². The van der Waals surface area contributed by atoms with Crippen LogP contribution in [-0.4, -0.2) is 46.3 Å². The Hall–Kier alpha value is -0.650. The minimum atomic E-state index is 0.0422. The SMILES string of the molecule is Clc1nnc(Cl)c(OCCN2CCCC2)n1. The normalized spacial score (nSPS) is 16.6. The van der Waals surface area contributed by atoms with Gasteiger partial charge in [0.1, 0.15) is 6.61 Å². The van der Waals surface area contributed by atoms with Gasteiger partial charge in [0.2, 0.25) is 10.4 Å². The van der Waals surface area contributed by atoms with Crippen molar-refractivity contribution < 1.29 is 4.74 Å². The Balaban J connectivity index is 1.82. The summed E-state index contributed by atoms with van der Waals surface area (Å²) in [5.74, 6) is 0.251. The summed E-state index contributed by atoms with van der Waals surface area (Å²) in [6.45, 7) is 3.69. The molecule has 0 saturated carbocycles. The van der Waals surface area contributed by atoms with Gasteiger partial charge >= 0.3 is 0 Å². The van der Waals surface area contributed by atoms with E-state index < -0.39 is 0 Å². The summed E-state index contributed by atoms with van der Waals surface area (Å²) in [7, 11) is 0. The van der Waals surface area contributed by atoms with Gasteiger partial charge in [-0.1, -0.05) is 11.6 Å². The van der Waals surface area contributed by atoms with E-state index in [0.29, 0.717) is 6.61 Å². The van der Waals surface area contributed by atoms with Crippen molar-refractivity contribution in [2.45, 2.75) is 12.8 Å². The van der Waals surface area contributed by atoms with Gasteiger partial charge in [0.25, 0.3) is 5.88 Å². The van der Waals surface area contributed by atoms with Crippen LogP contribution in [0.5, 0.6) is 5.88 Å². The summed E-state index contributed by atoms with van der Waals surface area (Å²) in [4.78, 5) is 6.19. The van der Waals surface area contributed by atoms with Gasteiger partial charge in [-0.3, -0.25) is 4.90 Å². The van der Waals surface area contributed by atoms with Gasteiger partial charge in [-0.2, -0.15) is 4.98 Å². The third-order valence-electron chi connectivity index (χ3n) is 2.44.